The Labute approximate surface area is 124 Å². The van der Waals surface area contributed by atoms with E-state index >= 15 is 0 Å². The molecular weight excluding hydrogens is 266 g/mol. The Morgan fingerprint density at radius 1 is 1.05 bits per heavy atom. The molecule has 0 aliphatic carbocycles. The number of rotatable bonds is 6. The number of amides is 1. The molecule has 0 bridgehead atoms. The van der Waals surface area contributed by atoms with Gasteiger partial charge in [0, 0.05) is 5.56 Å². The van der Waals surface area contributed by atoms with E-state index in [9.17, 15) is 4.79 Å². The summed E-state index contributed by atoms with van der Waals surface area (Å²) in [6, 6.07) is 14.6. The third kappa shape index (κ3) is 4.33. The van der Waals surface area contributed by atoms with Gasteiger partial charge in [0.05, 0.1) is 0 Å². The molecule has 0 saturated carbocycles. The van der Waals surface area contributed by atoms with E-state index < -0.39 is 5.91 Å². The molecule has 0 heterocycles. The monoisotopic (exact) mass is 285 g/mol. The van der Waals surface area contributed by atoms with Crippen LogP contribution in [-0.2, 0) is 6.42 Å². The molecule has 0 saturated heterocycles. The normalized spacial score (nSPS) is 10.2. The highest BCUT2D eigenvalue weighted by atomic mass is 16.5. The molecule has 0 fully saturated rings. The highest BCUT2D eigenvalue weighted by Crippen LogP contribution is 2.22. The Hall–Kier alpha value is -2.33. The first-order valence-corrected chi connectivity index (χ1v) is 7.04. The predicted octanol–water partition coefficient (Wildman–Crippen LogP) is 3.94. The van der Waals surface area contributed by atoms with Crippen molar-refractivity contribution in [3.05, 3.63) is 59.7 Å². The van der Waals surface area contributed by atoms with Gasteiger partial charge in [-0.3, -0.25) is 10.0 Å². The molecule has 4 nitrogen and oxygen atoms in total. The van der Waals surface area contributed by atoms with Crippen LogP contribution in [-0.4, -0.2) is 11.1 Å². The Kier molecular flexibility index (Phi) is 5.35. The molecule has 0 aliphatic rings. The molecule has 0 atom stereocenters. The van der Waals surface area contributed by atoms with Gasteiger partial charge in [0.1, 0.15) is 11.5 Å². The second-order valence-corrected chi connectivity index (χ2v) is 4.81. The number of ether oxygens (including phenoxy) is 1. The fourth-order valence-corrected chi connectivity index (χ4v) is 1.98. The summed E-state index contributed by atoms with van der Waals surface area (Å²) in [5, 5.41) is 8.55. The van der Waals surface area contributed by atoms with Gasteiger partial charge in [-0.1, -0.05) is 25.5 Å². The lowest BCUT2D eigenvalue weighted by Gasteiger charge is -2.07. The third-order valence-corrected chi connectivity index (χ3v) is 3.20. The summed E-state index contributed by atoms with van der Waals surface area (Å²) < 4.78 is 5.71. The standard InChI is InChI=1S/C17H19NO3/c1-2-3-4-13-5-9-15(10-6-13)21-16-11-7-14(8-12-16)17(19)18-20/h5-12,20H,2-4H2,1H3,(H,18,19). The van der Waals surface area contributed by atoms with Crippen LogP contribution < -0.4 is 10.2 Å². The van der Waals surface area contributed by atoms with Gasteiger partial charge < -0.3 is 4.74 Å². The fourth-order valence-electron chi connectivity index (χ4n) is 1.98. The van der Waals surface area contributed by atoms with Gasteiger partial charge in [-0.05, 0) is 54.8 Å². The highest BCUT2D eigenvalue weighted by Gasteiger charge is 2.04. The molecule has 110 valence electrons. The molecule has 0 radical (unpaired) electrons. The molecule has 0 spiro atoms. The Morgan fingerprint density at radius 3 is 2.14 bits per heavy atom. The zero-order chi connectivity index (χ0) is 15.1. The van der Waals surface area contributed by atoms with Gasteiger partial charge in [-0.2, -0.15) is 0 Å². The first-order valence-electron chi connectivity index (χ1n) is 7.04. The molecular formula is C17H19NO3. The number of carbonyl (C=O) groups excluding carboxylic acids is 1. The minimum atomic E-state index is -0.540. The first-order chi connectivity index (χ1) is 10.2. The number of nitrogens with one attached hydrogen (secondary N) is 1. The van der Waals surface area contributed by atoms with Crippen molar-refractivity contribution >= 4 is 5.91 Å². The molecule has 2 aromatic rings. The Bertz CT molecular complexity index is 576. The summed E-state index contributed by atoms with van der Waals surface area (Å²) in [6.07, 6.45) is 3.46. The van der Waals surface area contributed by atoms with Crippen molar-refractivity contribution in [2.24, 2.45) is 0 Å². The van der Waals surface area contributed by atoms with Crippen LogP contribution in [0.3, 0.4) is 0 Å². The minimum absolute atomic E-state index is 0.375. The van der Waals surface area contributed by atoms with E-state index in [0.29, 0.717) is 11.3 Å². The van der Waals surface area contributed by atoms with Gasteiger partial charge in [-0.15, -0.1) is 0 Å². The van der Waals surface area contributed by atoms with Crippen molar-refractivity contribution in [2.45, 2.75) is 26.2 Å². The zero-order valence-corrected chi connectivity index (χ0v) is 12.0. The van der Waals surface area contributed by atoms with Crippen LogP contribution in [0.25, 0.3) is 0 Å². The maximum Gasteiger partial charge on any atom is 0.274 e. The van der Waals surface area contributed by atoms with Gasteiger partial charge in [0.25, 0.3) is 5.91 Å². The predicted molar refractivity (Wildman–Crippen MR) is 80.8 cm³/mol. The Balaban J connectivity index is 1.99. The largest absolute Gasteiger partial charge is 0.457 e. The number of carbonyl (C=O) groups is 1. The fraction of sp³-hybridized carbons (Fsp3) is 0.235. The highest BCUT2D eigenvalue weighted by molar-refractivity contribution is 5.93. The summed E-state index contributed by atoms with van der Waals surface area (Å²) in [5.41, 5.74) is 3.27. The number of hydrogen-bond donors (Lipinski definition) is 2. The molecule has 1 amide bonds. The second kappa shape index (κ2) is 7.45. The average Bonchev–Trinajstić information content (AvgIpc) is 2.54. The maximum atomic E-state index is 11.2. The van der Waals surface area contributed by atoms with Gasteiger partial charge in [0.2, 0.25) is 0 Å². The smallest absolute Gasteiger partial charge is 0.274 e. The van der Waals surface area contributed by atoms with Crippen LogP contribution in [0.2, 0.25) is 0 Å². The summed E-state index contributed by atoms with van der Waals surface area (Å²) >= 11 is 0. The minimum Gasteiger partial charge on any atom is -0.457 e. The molecule has 0 unspecified atom stereocenters. The second-order valence-electron chi connectivity index (χ2n) is 4.81. The van der Waals surface area contributed by atoms with E-state index in [0.717, 1.165) is 12.2 Å². The van der Waals surface area contributed by atoms with Crippen LogP contribution in [0.15, 0.2) is 48.5 Å². The maximum absolute atomic E-state index is 11.2. The van der Waals surface area contributed by atoms with Crippen molar-refractivity contribution in [3.63, 3.8) is 0 Å². The molecule has 4 heteroatoms. The Morgan fingerprint density at radius 2 is 1.62 bits per heavy atom. The SMILES string of the molecule is CCCCc1ccc(Oc2ccc(C(=O)NO)cc2)cc1. The van der Waals surface area contributed by atoms with Crippen LogP contribution in [0.1, 0.15) is 35.7 Å². The number of unbranched alkanes of at least 4 members (excludes halogenated alkanes) is 1. The van der Waals surface area contributed by atoms with E-state index in [4.69, 9.17) is 9.94 Å². The quantitative estimate of drug-likeness (QED) is 0.624. The van der Waals surface area contributed by atoms with Gasteiger partial charge >= 0.3 is 0 Å². The summed E-state index contributed by atoms with van der Waals surface area (Å²) in [6.45, 7) is 2.18. The molecule has 2 N–H and O–H groups in total. The lowest BCUT2D eigenvalue weighted by atomic mass is 10.1. The topological polar surface area (TPSA) is 58.6 Å². The van der Waals surface area contributed by atoms with Crippen molar-refractivity contribution in [3.8, 4) is 11.5 Å². The van der Waals surface area contributed by atoms with Gasteiger partial charge in [0.15, 0.2) is 0 Å². The van der Waals surface area contributed by atoms with Crippen LogP contribution in [0.4, 0.5) is 0 Å². The van der Waals surface area contributed by atoms with Crippen LogP contribution >= 0.6 is 0 Å². The summed E-state index contributed by atoms with van der Waals surface area (Å²) in [7, 11) is 0. The van der Waals surface area contributed by atoms with E-state index in [1.165, 1.54) is 18.4 Å². The van der Waals surface area contributed by atoms with E-state index in [2.05, 4.69) is 19.1 Å². The van der Waals surface area contributed by atoms with Crippen molar-refractivity contribution in [2.75, 3.05) is 0 Å². The molecule has 2 aromatic carbocycles. The first kappa shape index (κ1) is 15.1. The number of hydroxylamine groups is 1. The molecule has 21 heavy (non-hydrogen) atoms. The van der Waals surface area contributed by atoms with Gasteiger partial charge in [-0.25, -0.2) is 5.48 Å². The number of benzene rings is 2. The van der Waals surface area contributed by atoms with E-state index in [-0.39, 0.29) is 0 Å². The number of hydrogen-bond acceptors (Lipinski definition) is 3. The van der Waals surface area contributed by atoms with Crippen molar-refractivity contribution in [1.82, 2.24) is 5.48 Å². The van der Waals surface area contributed by atoms with Crippen molar-refractivity contribution in [1.29, 1.82) is 0 Å². The summed E-state index contributed by atoms with van der Waals surface area (Å²) in [4.78, 5) is 11.2. The molecule has 2 rings (SSSR count). The molecule has 0 aromatic heterocycles. The number of aryl methyl sites for hydroxylation is 1. The van der Waals surface area contributed by atoms with Crippen molar-refractivity contribution < 1.29 is 14.7 Å². The van der Waals surface area contributed by atoms with E-state index in [1.807, 2.05) is 12.1 Å². The lowest BCUT2D eigenvalue weighted by Crippen LogP contribution is -2.18. The average molecular weight is 285 g/mol. The third-order valence-electron chi connectivity index (χ3n) is 3.20. The van der Waals surface area contributed by atoms with Crippen LogP contribution in [0.5, 0.6) is 11.5 Å². The summed E-state index contributed by atoms with van der Waals surface area (Å²) in [5.74, 6) is 0.863. The molecule has 0 aliphatic heterocycles. The van der Waals surface area contributed by atoms with E-state index in [1.54, 1.807) is 29.7 Å². The lowest BCUT2D eigenvalue weighted by molar-refractivity contribution is 0.0706. The zero-order valence-electron chi connectivity index (χ0n) is 12.0. The van der Waals surface area contributed by atoms with Crippen LogP contribution in [0, 0.1) is 0 Å².